The largest absolute Gasteiger partial charge is 2.00 e. The van der Waals surface area contributed by atoms with Gasteiger partial charge >= 0.3 is 21.7 Å². The van der Waals surface area contributed by atoms with E-state index in [4.69, 9.17) is 19.8 Å². The molecule has 0 heterocycles. The molecule has 2 aliphatic rings. The second-order valence-electron chi connectivity index (χ2n) is 3.83. The Morgan fingerprint density at radius 2 is 1.30 bits per heavy atom. The number of carboxylic acid groups (broad SMARTS) is 2. The van der Waals surface area contributed by atoms with Crippen molar-refractivity contribution in [2.24, 2.45) is 0 Å². The molecule has 106 valence electrons. The molecular weight excluding hydrogens is 292 g/mol. The van der Waals surface area contributed by atoms with Crippen LogP contribution in [0.1, 0.15) is 33.1 Å². The number of hydrogen-bond acceptors (Lipinski definition) is 2. The molecule has 4 nitrogen and oxygen atoms in total. The number of hydrogen-bond donors (Lipinski definition) is 2. The van der Waals surface area contributed by atoms with Crippen molar-refractivity contribution in [2.45, 2.75) is 33.1 Å². The van der Waals surface area contributed by atoms with Gasteiger partial charge in [0.1, 0.15) is 0 Å². The van der Waals surface area contributed by atoms with Crippen molar-refractivity contribution in [1.82, 2.24) is 0 Å². The summed E-state index contributed by atoms with van der Waals surface area (Å²) in [7, 11) is 0. The predicted octanol–water partition coefficient (Wildman–Crippen LogP) is 2.93. The minimum Gasteiger partial charge on any atom is -0.481 e. The van der Waals surface area contributed by atoms with Crippen LogP contribution < -0.4 is 0 Å². The molecule has 0 radical (unpaired) electrons. The Kier molecular flexibility index (Phi) is 13.2. The van der Waals surface area contributed by atoms with Crippen molar-refractivity contribution in [3.8, 4) is 0 Å². The van der Waals surface area contributed by atoms with Gasteiger partial charge in [0.05, 0.1) is 0 Å². The van der Waals surface area contributed by atoms with Gasteiger partial charge in [0.2, 0.25) is 0 Å². The minimum absolute atomic E-state index is 0. The molecule has 0 saturated heterocycles. The Morgan fingerprint density at radius 1 is 1.00 bits per heavy atom. The van der Waals surface area contributed by atoms with Crippen molar-refractivity contribution in [2.75, 3.05) is 0 Å². The molecular formula is C15H18O4Ti. The molecule has 0 spiro atoms. The molecule has 5 heteroatoms. The summed E-state index contributed by atoms with van der Waals surface area (Å²) in [4.78, 5) is 18.0. The van der Waals surface area contributed by atoms with E-state index in [-0.39, 0.29) is 21.7 Å². The first-order chi connectivity index (χ1) is 8.91. The van der Waals surface area contributed by atoms with Crippen molar-refractivity contribution in [3.05, 3.63) is 47.6 Å². The molecule has 0 aromatic heterocycles. The normalized spacial score (nSPS) is 13.9. The minimum atomic E-state index is -0.833. The van der Waals surface area contributed by atoms with Gasteiger partial charge in [-0.3, -0.25) is 21.7 Å². The molecule has 0 aromatic rings. The van der Waals surface area contributed by atoms with Gasteiger partial charge in [-0.05, 0) is 0 Å². The van der Waals surface area contributed by atoms with E-state index in [1.165, 1.54) is 11.1 Å². The monoisotopic (exact) mass is 310 g/mol. The molecule has 0 unspecified atom stereocenters. The molecule has 0 aliphatic heterocycles. The van der Waals surface area contributed by atoms with Gasteiger partial charge in [0, 0.05) is 13.8 Å². The summed E-state index contributed by atoms with van der Waals surface area (Å²) in [6.45, 7) is 2.17. The van der Waals surface area contributed by atoms with Crippen LogP contribution in [0.3, 0.4) is 0 Å². The summed E-state index contributed by atoms with van der Waals surface area (Å²) >= 11 is 0. The van der Waals surface area contributed by atoms with Crippen molar-refractivity contribution < 1.29 is 41.5 Å². The zero-order chi connectivity index (χ0) is 14.7. The van der Waals surface area contributed by atoms with E-state index in [9.17, 15) is 0 Å². The van der Waals surface area contributed by atoms with Crippen LogP contribution in [0.25, 0.3) is 0 Å². The van der Waals surface area contributed by atoms with Crippen molar-refractivity contribution in [3.63, 3.8) is 0 Å². The topological polar surface area (TPSA) is 74.6 Å². The van der Waals surface area contributed by atoms with E-state index in [0.29, 0.717) is 0 Å². The van der Waals surface area contributed by atoms with Gasteiger partial charge in [-0.15, -0.1) is 12.8 Å². The zero-order valence-electron chi connectivity index (χ0n) is 11.6. The quantitative estimate of drug-likeness (QED) is 0.607. The average Bonchev–Trinajstić information content (AvgIpc) is 2.89. The summed E-state index contributed by atoms with van der Waals surface area (Å²) in [6.07, 6.45) is 18.2. The average molecular weight is 310 g/mol. The van der Waals surface area contributed by atoms with Gasteiger partial charge in [0.15, 0.2) is 0 Å². The number of carbonyl (C=O) groups is 2. The fourth-order valence-electron chi connectivity index (χ4n) is 1.35. The van der Waals surface area contributed by atoms with E-state index in [1.54, 1.807) is 0 Å². The molecule has 0 saturated carbocycles. The summed E-state index contributed by atoms with van der Waals surface area (Å²) in [5.74, 6) is -1.67. The molecule has 0 fully saturated rings. The van der Waals surface area contributed by atoms with Crippen LogP contribution in [-0.4, -0.2) is 22.2 Å². The molecule has 0 bridgehead atoms. The van der Waals surface area contributed by atoms with E-state index >= 15 is 0 Å². The molecule has 0 aromatic carbocycles. The van der Waals surface area contributed by atoms with Crippen LogP contribution in [0.15, 0.2) is 35.5 Å². The molecule has 2 aliphatic carbocycles. The van der Waals surface area contributed by atoms with Crippen LogP contribution in [0.4, 0.5) is 0 Å². The molecule has 0 atom stereocenters. The van der Waals surface area contributed by atoms with Gasteiger partial charge in [-0.1, -0.05) is 6.42 Å². The molecule has 0 amide bonds. The summed E-state index contributed by atoms with van der Waals surface area (Å²) in [5.41, 5.74) is 2.64. The van der Waals surface area contributed by atoms with Gasteiger partial charge < -0.3 is 10.2 Å². The molecule has 2 N–H and O–H groups in total. The zero-order valence-corrected chi connectivity index (χ0v) is 13.2. The Morgan fingerprint density at radius 3 is 1.50 bits per heavy atom. The third-order valence-electron chi connectivity index (χ3n) is 1.91. The molecule has 20 heavy (non-hydrogen) atoms. The van der Waals surface area contributed by atoms with E-state index in [2.05, 4.69) is 36.5 Å². The van der Waals surface area contributed by atoms with Gasteiger partial charge in [-0.2, -0.15) is 12.2 Å². The number of rotatable bonds is 2. The fourth-order valence-corrected chi connectivity index (χ4v) is 1.35. The maximum absolute atomic E-state index is 9.00. The second kappa shape index (κ2) is 12.6. The first-order valence-corrected chi connectivity index (χ1v) is 5.83. The third kappa shape index (κ3) is 14.7. The first-order valence-electron chi connectivity index (χ1n) is 5.83. The second-order valence-corrected chi connectivity index (χ2v) is 3.83. The van der Waals surface area contributed by atoms with Crippen LogP contribution >= 0.6 is 0 Å². The van der Waals surface area contributed by atoms with Crippen LogP contribution in [0, 0.1) is 12.2 Å². The van der Waals surface area contributed by atoms with E-state index < -0.39 is 11.9 Å². The van der Waals surface area contributed by atoms with Crippen molar-refractivity contribution >= 4 is 11.9 Å². The van der Waals surface area contributed by atoms with E-state index in [0.717, 1.165) is 33.1 Å². The Hall–Kier alpha value is -1.39. The Balaban J connectivity index is 0. The number of aliphatic carboxylic acids is 2. The maximum atomic E-state index is 9.00. The number of carboxylic acids is 2. The third-order valence-corrected chi connectivity index (χ3v) is 1.91. The first kappa shape index (κ1) is 20.9. The Labute approximate surface area is 134 Å². The fraction of sp³-hybridized carbons (Fsp3) is 0.333. The predicted molar refractivity (Wildman–Crippen MR) is 72.3 cm³/mol. The Bertz CT molecular complexity index is 383. The maximum Gasteiger partial charge on any atom is 2.00 e. The SMILES string of the molecule is CC(=O)O.CC(=O)O.[C-]1=C(CC2=[C-]CC=C2)C=CC1.[Ti+2]. The van der Waals surface area contributed by atoms with Crippen LogP contribution in [0.5, 0.6) is 0 Å². The van der Waals surface area contributed by atoms with E-state index in [1.807, 2.05) is 0 Å². The van der Waals surface area contributed by atoms with Crippen LogP contribution in [0.2, 0.25) is 0 Å². The summed E-state index contributed by atoms with van der Waals surface area (Å²) < 4.78 is 0. The van der Waals surface area contributed by atoms with Crippen molar-refractivity contribution in [1.29, 1.82) is 0 Å². The smallest absolute Gasteiger partial charge is 0.481 e. The molecule has 2 rings (SSSR count). The summed E-state index contributed by atoms with van der Waals surface area (Å²) in [5, 5.41) is 14.8. The summed E-state index contributed by atoms with van der Waals surface area (Å²) in [6, 6.07) is 0. The van der Waals surface area contributed by atoms with Gasteiger partial charge in [-0.25, -0.2) is 23.3 Å². The van der Waals surface area contributed by atoms with Gasteiger partial charge in [0.25, 0.3) is 11.9 Å². The standard InChI is InChI=1S/C11H10.2C2H4O2.Ti/c1-2-6-10(5-1)9-11-7-3-4-8-11;2*1-2(3)4;/h1,3,5,7H,2,4,9H2;2*1H3,(H,3,4);/q-2;;;+2. The number of allylic oxidation sites excluding steroid dienone is 8. The van der Waals surface area contributed by atoms with Crippen LogP contribution in [-0.2, 0) is 31.3 Å².